The Kier molecular flexibility index (Phi) is 6.07. The maximum Gasteiger partial charge on any atom is 0.145 e. The summed E-state index contributed by atoms with van der Waals surface area (Å²) in [6, 6.07) is 23.0. The van der Waals surface area contributed by atoms with E-state index in [1.165, 1.54) is 16.5 Å². The predicted octanol–water partition coefficient (Wildman–Crippen LogP) is 4.51. The van der Waals surface area contributed by atoms with E-state index in [0.29, 0.717) is 0 Å². The first kappa shape index (κ1) is 19.0. The minimum absolute atomic E-state index is 0.795. The van der Waals surface area contributed by atoms with Crippen molar-refractivity contribution >= 4 is 33.1 Å². The highest BCUT2D eigenvalue weighted by atomic mass is 16.5. The van der Waals surface area contributed by atoms with Gasteiger partial charge in [0.05, 0.1) is 13.3 Å². The Balaban J connectivity index is 1.24. The van der Waals surface area contributed by atoms with E-state index in [9.17, 15) is 0 Å². The lowest BCUT2D eigenvalue weighted by molar-refractivity contribution is 0.418. The molecule has 0 aliphatic carbocycles. The zero-order valence-electron chi connectivity index (χ0n) is 16.6. The van der Waals surface area contributed by atoms with E-state index in [-0.39, 0.29) is 0 Å². The molecular formula is C24H26N4O. The molecule has 0 radical (unpaired) electrons. The van der Waals surface area contributed by atoms with Crippen LogP contribution in [0.2, 0.25) is 0 Å². The molecule has 0 atom stereocenters. The summed E-state index contributed by atoms with van der Waals surface area (Å²) in [4.78, 5) is 4.50. The number of benzene rings is 3. The van der Waals surface area contributed by atoms with Crippen LogP contribution in [0, 0.1) is 0 Å². The summed E-state index contributed by atoms with van der Waals surface area (Å²) in [5.74, 6) is 1.68. The van der Waals surface area contributed by atoms with Crippen LogP contribution in [0.15, 0.2) is 72.9 Å². The van der Waals surface area contributed by atoms with E-state index in [2.05, 4.69) is 75.5 Å². The van der Waals surface area contributed by atoms with Gasteiger partial charge in [0.2, 0.25) is 0 Å². The quantitative estimate of drug-likeness (QED) is 0.370. The van der Waals surface area contributed by atoms with Crippen LogP contribution in [-0.4, -0.2) is 38.3 Å². The van der Waals surface area contributed by atoms with Crippen molar-refractivity contribution in [2.24, 2.45) is 0 Å². The van der Waals surface area contributed by atoms with Gasteiger partial charge in [0.25, 0.3) is 0 Å². The molecule has 4 rings (SSSR count). The number of hydrogen-bond donors (Lipinski definition) is 3. The van der Waals surface area contributed by atoms with Gasteiger partial charge >= 0.3 is 0 Å². The number of rotatable bonds is 9. The number of aromatic nitrogens is 1. The molecule has 3 aromatic carbocycles. The molecule has 1 aromatic heterocycles. The van der Waals surface area contributed by atoms with Crippen molar-refractivity contribution in [2.45, 2.75) is 0 Å². The van der Waals surface area contributed by atoms with Crippen molar-refractivity contribution in [3.05, 3.63) is 72.9 Å². The summed E-state index contributed by atoms with van der Waals surface area (Å²) >= 11 is 0. The fourth-order valence-electron chi connectivity index (χ4n) is 3.53. The van der Waals surface area contributed by atoms with Crippen molar-refractivity contribution in [1.82, 2.24) is 10.3 Å². The van der Waals surface area contributed by atoms with Crippen LogP contribution >= 0.6 is 0 Å². The Morgan fingerprint density at radius 2 is 1.41 bits per heavy atom. The van der Waals surface area contributed by atoms with E-state index in [4.69, 9.17) is 4.74 Å². The molecule has 5 nitrogen and oxygen atoms in total. The average Bonchev–Trinajstić information content (AvgIpc) is 2.78. The highest BCUT2D eigenvalue weighted by molar-refractivity contribution is 5.96. The molecule has 0 saturated carbocycles. The molecule has 4 aromatic rings. The van der Waals surface area contributed by atoms with Gasteiger partial charge in [-0.15, -0.1) is 0 Å². The smallest absolute Gasteiger partial charge is 0.145 e. The molecule has 0 aliphatic heterocycles. The summed E-state index contributed by atoms with van der Waals surface area (Å²) in [6.07, 6.45) is 1.77. The second-order valence-electron chi connectivity index (χ2n) is 6.85. The van der Waals surface area contributed by atoms with Crippen molar-refractivity contribution < 1.29 is 4.74 Å². The van der Waals surface area contributed by atoms with Gasteiger partial charge in [-0.3, -0.25) is 0 Å². The first-order chi connectivity index (χ1) is 14.4. The number of hydrogen-bond acceptors (Lipinski definition) is 5. The lowest BCUT2D eigenvalue weighted by Gasteiger charge is -2.12. The molecule has 148 valence electrons. The zero-order chi connectivity index (χ0) is 19.9. The van der Waals surface area contributed by atoms with Gasteiger partial charge in [0, 0.05) is 48.0 Å². The number of anilines is 2. The van der Waals surface area contributed by atoms with Gasteiger partial charge in [0.1, 0.15) is 11.6 Å². The molecule has 0 saturated heterocycles. The third-order valence-corrected chi connectivity index (χ3v) is 4.98. The molecular weight excluding hydrogens is 360 g/mol. The largest absolute Gasteiger partial charge is 0.494 e. The number of methoxy groups -OCH3 is 1. The van der Waals surface area contributed by atoms with Crippen LogP contribution in [0.4, 0.5) is 11.5 Å². The Morgan fingerprint density at radius 3 is 2.24 bits per heavy atom. The standard InChI is InChI=1S/C24H26N4O/c1-29-23-17-28-24(21-11-5-4-10-20(21)23)27-16-14-25-13-15-26-22-12-6-8-18-7-2-3-9-19(18)22/h2-12,17,25-26H,13-16H2,1H3,(H,27,28). The van der Waals surface area contributed by atoms with Crippen molar-refractivity contribution in [3.8, 4) is 5.75 Å². The molecule has 1 heterocycles. The molecule has 0 spiro atoms. The van der Waals surface area contributed by atoms with Gasteiger partial charge < -0.3 is 20.7 Å². The van der Waals surface area contributed by atoms with Crippen molar-refractivity contribution in [3.63, 3.8) is 0 Å². The lowest BCUT2D eigenvalue weighted by atomic mass is 10.1. The molecule has 0 unspecified atom stereocenters. The van der Waals surface area contributed by atoms with Gasteiger partial charge in [0.15, 0.2) is 0 Å². The molecule has 0 amide bonds. The van der Waals surface area contributed by atoms with Gasteiger partial charge in [-0.2, -0.15) is 0 Å². The van der Waals surface area contributed by atoms with Gasteiger partial charge in [-0.25, -0.2) is 4.98 Å². The normalized spacial score (nSPS) is 10.9. The maximum absolute atomic E-state index is 5.41. The second kappa shape index (κ2) is 9.26. The summed E-state index contributed by atoms with van der Waals surface area (Å²) in [5.41, 5.74) is 1.18. The van der Waals surface area contributed by atoms with Crippen LogP contribution in [0.1, 0.15) is 0 Å². The Bertz CT molecular complexity index is 1090. The lowest BCUT2D eigenvalue weighted by Crippen LogP contribution is -2.27. The molecule has 5 heteroatoms. The van der Waals surface area contributed by atoms with Gasteiger partial charge in [-0.1, -0.05) is 60.7 Å². The maximum atomic E-state index is 5.41. The second-order valence-corrected chi connectivity index (χ2v) is 6.85. The number of pyridine rings is 1. The van der Waals surface area contributed by atoms with E-state index >= 15 is 0 Å². The Morgan fingerprint density at radius 1 is 0.724 bits per heavy atom. The average molecular weight is 386 g/mol. The third kappa shape index (κ3) is 4.41. The molecule has 0 aliphatic rings. The Labute approximate surface area is 171 Å². The summed E-state index contributed by atoms with van der Waals surface area (Å²) < 4.78 is 5.41. The number of nitrogens with one attached hydrogen (secondary N) is 3. The summed E-state index contributed by atoms with van der Waals surface area (Å²) in [7, 11) is 1.67. The van der Waals surface area contributed by atoms with Crippen LogP contribution in [0.3, 0.4) is 0 Å². The number of ether oxygens (including phenoxy) is 1. The number of nitrogens with zero attached hydrogens (tertiary/aromatic N) is 1. The van der Waals surface area contributed by atoms with E-state index in [0.717, 1.165) is 48.5 Å². The third-order valence-electron chi connectivity index (χ3n) is 4.98. The van der Waals surface area contributed by atoms with Crippen LogP contribution in [-0.2, 0) is 0 Å². The van der Waals surface area contributed by atoms with Crippen LogP contribution < -0.4 is 20.7 Å². The molecule has 3 N–H and O–H groups in total. The van der Waals surface area contributed by atoms with E-state index in [1.54, 1.807) is 13.3 Å². The minimum Gasteiger partial charge on any atom is -0.494 e. The van der Waals surface area contributed by atoms with E-state index in [1.807, 2.05) is 12.1 Å². The topological polar surface area (TPSA) is 58.2 Å². The summed E-state index contributed by atoms with van der Waals surface area (Å²) in [6.45, 7) is 3.43. The SMILES string of the molecule is COc1cnc(NCCNCCNc2cccc3ccccc23)c2ccccc12. The van der Waals surface area contributed by atoms with E-state index < -0.39 is 0 Å². The zero-order valence-corrected chi connectivity index (χ0v) is 16.6. The minimum atomic E-state index is 0.795. The molecule has 0 bridgehead atoms. The van der Waals surface area contributed by atoms with Crippen LogP contribution in [0.5, 0.6) is 5.75 Å². The fraction of sp³-hybridized carbons (Fsp3) is 0.208. The Hall–Kier alpha value is -3.31. The monoisotopic (exact) mass is 386 g/mol. The first-order valence-corrected chi connectivity index (χ1v) is 9.95. The predicted molar refractivity (Wildman–Crippen MR) is 122 cm³/mol. The highest BCUT2D eigenvalue weighted by Crippen LogP contribution is 2.29. The highest BCUT2D eigenvalue weighted by Gasteiger charge is 2.06. The van der Waals surface area contributed by atoms with Crippen LogP contribution in [0.25, 0.3) is 21.5 Å². The molecule has 0 fully saturated rings. The van der Waals surface area contributed by atoms with Gasteiger partial charge in [-0.05, 0) is 11.5 Å². The summed E-state index contributed by atoms with van der Waals surface area (Å²) in [5, 5.41) is 15.1. The van der Waals surface area contributed by atoms with Crippen molar-refractivity contribution in [1.29, 1.82) is 0 Å². The molecule has 29 heavy (non-hydrogen) atoms. The van der Waals surface area contributed by atoms with Crippen molar-refractivity contribution in [2.75, 3.05) is 43.9 Å². The fourth-order valence-corrected chi connectivity index (χ4v) is 3.53. The number of fused-ring (bicyclic) bond motifs is 2. The first-order valence-electron chi connectivity index (χ1n) is 9.95.